The van der Waals surface area contributed by atoms with Crippen LogP contribution >= 0.6 is 11.5 Å². The van der Waals surface area contributed by atoms with Gasteiger partial charge in [0.1, 0.15) is 10.7 Å². The molecule has 0 radical (unpaired) electrons. The number of rotatable bonds is 4. The fraction of sp³-hybridized carbons (Fsp3) is 0.800. The molecule has 0 amide bonds. The normalized spacial score (nSPS) is 29.2. The van der Waals surface area contributed by atoms with E-state index in [-0.39, 0.29) is 18.3 Å². The second-order valence-electron chi connectivity index (χ2n) is 4.35. The molecule has 0 aromatic carbocycles. The Balaban J connectivity index is 1.85. The summed E-state index contributed by atoms with van der Waals surface area (Å²) in [5, 5.41) is 4.74. The van der Waals surface area contributed by atoms with Gasteiger partial charge in [0.25, 0.3) is 0 Å². The first kappa shape index (κ1) is 12.7. The van der Waals surface area contributed by atoms with Crippen molar-refractivity contribution in [2.75, 3.05) is 5.43 Å². The van der Waals surface area contributed by atoms with Crippen LogP contribution in [0, 0.1) is 0 Å². The summed E-state index contributed by atoms with van der Waals surface area (Å²) in [6, 6.07) is 0. The lowest BCUT2D eigenvalue weighted by Crippen LogP contribution is -2.34. The van der Waals surface area contributed by atoms with Gasteiger partial charge in [-0.1, -0.05) is 4.49 Å². The van der Waals surface area contributed by atoms with E-state index < -0.39 is 0 Å². The number of anilines is 1. The lowest BCUT2D eigenvalue weighted by atomic mass is 10.0. The van der Waals surface area contributed by atoms with Gasteiger partial charge in [0.15, 0.2) is 0 Å². The predicted molar refractivity (Wildman–Crippen MR) is 65.5 cm³/mol. The summed E-state index contributed by atoms with van der Waals surface area (Å²) in [6.07, 6.45) is 2.58. The first-order valence-corrected chi connectivity index (χ1v) is 6.51. The number of nitrogens with one attached hydrogen (secondary N) is 1. The van der Waals surface area contributed by atoms with Crippen molar-refractivity contribution in [1.82, 2.24) is 9.59 Å². The Bertz CT molecular complexity index is 350. The number of hydrogen-bond donors (Lipinski definition) is 2. The van der Waals surface area contributed by atoms with Crippen LogP contribution in [-0.4, -0.2) is 27.9 Å². The summed E-state index contributed by atoms with van der Waals surface area (Å²) in [5.74, 6) is 5.35. The maximum Gasteiger partial charge on any atom is 0.149 e. The Morgan fingerprint density at radius 1 is 1.47 bits per heavy atom. The van der Waals surface area contributed by atoms with Crippen molar-refractivity contribution in [1.29, 1.82) is 0 Å². The molecule has 0 bridgehead atoms. The summed E-state index contributed by atoms with van der Waals surface area (Å²) < 4.78 is 15.3. The highest BCUT2D eigenvalue weighted by Gasteiger charge is 2.25. The van der Waals surface area contributed by atoms with Crippen LogP contribution < -0.4 is 11.3 Å². The SMILES string of the molecule is CC1CC(OCc2nnsc2NN)CC(C)O1. The number of hydrazine groups is 1. The van der Waals surface area contributed by atoms with Gasteiger partial charge in [0.2, 0.25) is 0 Å². The maximum atomic E-state index is 5.84. The molecule has 1 fully saturated rings. The molecule has 7 heteroatoms. The molecular weight excluding hydrogens is 240 g/mol. The molecule has 0 spiro atoms. The number of aromatic nitrogens is 2. The summed E-state index contributed by atoms with van der Waals surface area (Å²) in [7, 11) is 0. The Labute approximate surface area is 105 Å². The number of nitrogens with zero attached hydrogens (tertiary/aromatic N) is 2. The van der Waals surface area contributed by atoms with Crippen molar-refractivity contribution >= 4 is 16.5 Å². The molecule has 2 atom stereocenters. The topological polar surface area (TPSA) is 82.3 Å². The summed E-state index contributed by atoms with van der Waals surface area (Å²) in [4.78, 5) is 0. The minimum atomic E-state index is 0.223. The van der Waals surface area contributed by atoms with Gasteiger partial charge in [-0.15, -0.1) is 5.10 Å². The highest BCUT2D eigenvalue weighted by molar-refractivity contribution is 7.10. The summed E-state index contributed by atoms with van der Waals surface area (Å²) in [5.41, 5.74) is 3.34. The van der Waals surface area contributed by atoms with Crippen molar-refractivity contribution in [2.45, 2.75) is 51.6 Å². The molecule has 1 saturated heterocycles. The molecule has 2 heterocycles. The zero-order chi connectivity index (χ0) is 12.3. The number of nitrogens with two attached hydrogens (primary N) is 1. The van der Waals surface area contributed by atoms with E-state index in [1.807, 2.05) is 0 Å². The van der Waals surface area contributed by atoms with Crippen molar-refractivity contribution in [3.05, 3.63) is 5.69 Å². The Hall–Kier alpha value is -0.760. The van der Waals surface area contributed by atoms with Gasteiger partial charge in [-0.3, -0.25) is 0 Å². The minimum Gasteiger partial charge on any atom is -0.375 e. The largest absolute Gasteiger partial charge is 0.375 e. The Morgan fingerprint density at radius 3 is 2.82 bits per heavy atom. The van der Waals surface area contributed by atoms with Gasteiger partial charge in [0.05, 0.1) is 24.9 Å². The molecule has 6 nitrogen and oxygen atoms in total. The summed E-state index contributed by atoms with van der Waals surface area (Å²) in [6.45, 7) is 4.59. The standard InChI is InChI=1S/C10H18N4O2S/c1-6-3-8(4-7(2)16-6)15-5-9-10(12-11)17-14-13-9/h6-8,12H,3-5,11H2,1-2H3. The van der Waals surface area contributed by atoms with Gasteiger partial charge in [0, 0.05) is 11.5 Å². The van der Waals surface area contributed by atoms with E-state index in [4.69, 9.17) is 15.3 Å². The fourth-order valence-electron chi connectivity index (χ4n) is 2.09. The average molecular weight is 258 g/mol. The second-order valence-corrected chi connectivity index (χ2v) is 5.11. The van der Waals surface area contributed by atoms with Crippen molar-refractivity contribution < 1.29 is 9.47 Å². The molecule has 1 aromatic rings. The fourth-order valence-corrected chi connectivity index (χ4v) is 2.57. The third kappa shape index (κ3) is 3.35. The van der Waals surface area contributed by atoms with Crippen molar-refractivity contribution in [3.8, 4) is 0 Å². The molecule has 3 N–H and O–H groups in total. The molecule has 1 aliphatic rings. The van der Waals surface area contributed by atoms with Crippen LogP contribution in [0.15, 0.2) is 0 Å². The van der Waals surface area contributed by atoms with Crippen LogP contribution in [-0.2, 0) is 16.1 Å². The monoisotopic (exact) mass is 258 g/mol. The van der Waals surface area contributed by atoms with Gasteiger partial charge in [-0.2, -0.15) is 0 Å². The first-order chi connectivity index (χ1) is 8.19. The van der Waals surface area contributed by atoms with Crippen LogP contribution in [0.3, 0.4) is 0 Å². The van der Waals surface area contributed by atoms with E-state index >= 15 is 0 Å². The van der Waals surface area contributed by atoms with Gasteiger partial charge in [-0.25, -0.2) is 5.84 Å². The molecule has 2 rings (SSSR count). The average Bonchev–Trinajstić information content (AvgIpc) is 2.72. The summed E-state index contributed by atoms with van der Waals surface area (Å²) >= 11 is 1.24. The molecule has 0 saturated carbocycles. The molecule has 96 valence electrons. The minimum absolute atomic E-state index is 0.223. The Kier molecular flexibility index (Phi) is 4.27. The van der Waals surface area contributed by atoms with E-state index in [1.54, 1.807) is 0 Å². The van der Waals surface area contributed by atoms with Crippen LogP contribution in [0.25, 0.3) is 0 Å². The maximum absolute atomic E-state index is 5.84. The Morgan fingerprint density at radius 2 is 2.18 bits per heavy atom. The molecule has 1 aromatic heterocycles. The lowest BCUT2D eigenvalue weighted by Gasteiger charge is -2.31. The van der Waals surface area contributed by atoms with Crippen molar-refractivity contribution in [3.63, 3.8) is 0 Å². The highest BCUT2D eigenvalue weighted by atomic mass is 32.1. The molecule has 17 heavy (non-hydrogen) atoms. The predicted octanol–water partition coefficient (Wildman–Crippen LogP) is 1.30. The van der Waals surface area contributed by atoms with Gasteiger partial charge in [-0.05, 0) is 26.7 Å². The molecule has 1 aliphatic heterocycles. The number of ether oxygens (including phenoxy) is 2. The van der Waals surface area contributed by atoms with Crippen LogP contribution in [0.1, 0.15) is 32.4 Å². The first-order valence-electron chi connectivity index (χ1n) is 5.74. The lowest BCUT2D eigenvalue weighted by molar-refractivity contribution is -0.106. The van der Waals surface area contributed by atoms with Crippen LogP contribution in [0.5, 0.6) is 0 Å². The van der Waals surface area contributed by atoms with Crippen LogP contribution in [0.2, 0.25) is 0 Å². The van der Waals surface area contributed by atoms with E-state index in [9.17, 15) is 0 Å². The third-order valence-corrected chi connectivity index (χ3v) is 3.50. The van der Waals surface area contributed by atoms with E-state index in [2.05, 4.69) is 28.9 Å². The van der Waals surface area contributed by atoms with Crippen LogP contribution in [0.4, 0.5) is 5.00 Å². The molecule has 0 aliphatic carbocycles. The highest BCUT2D eigenvalue weighted by Crippen LogP contribution is 2.24. The number of hydrogen-bond acceptors (Lipinski definition) is 7. The van der Waals surface area contributed by atoms with E-state index in [0.717, 1.165) is 23.5 Å². The quantitative estimate of drug-likeness (QED) is 0.625. The smallest absolute Gasteiger partial charge is 0.149 e. The third-order valence-electron chi connectivity index (χ3n) is 2.80. The van der Waals surface area contributed by atoms with Gasteiger partial charge >= 0.3 is 0 Å². The zero-order valence-corrected chi connectivity index (χ0v) is 10.9. The zero-order valence-electron chi connectivity index (χ0n) is 10.0. The molecular formula is C10H18N4O2S. The van der Waals surface area contributed by atoms with Crippen molar-refractivity contribution in [2.24, 2.45) is 5.84 Å². The molecule has 2 unspecified atom stereocenters. The van der Waals surface area contributed by atoms with E-state index in [0.29, 0.717) is 6.61 Å². The number of nitrogen functional groups attached to an aromatic ring is 1. The van der Waals surface area contributed by atoms with Gasteiger partial charge < -0.3 is 14.9 Å². The second kappa shape index (κ2) is 5.72. The van der Waals surface area contributed by atoms with E-state index in [1.165, 1.54) is 11.5 Å².